The number of hydrogen-bond donors (Lipinski definition) is 1. The molecule has 2 unspecified atom stereocenters. The first-order valence-corrected chi connectivity index (χ1v) is 8.02. The van der Waals surface area contributed by atoms with Crippen LogP contribution in [0.25, 0.3) is 0 Å². The Bertz CT molecular complexity index is 478. The predicted octanol–water partition coefficient (Wildman–Crippen LogP) is 4.45. The standard InChI is InChI=1S/C15H21BrClFN2/c1-9-7-19-13(15(2,3)4)8-20(9)14-11(16)5-10(18)6-12(14)17/h5-6,9,13,19H,7-8H2,1-4H3. The van der Waals surface area contributed by atoms with E-state index in [4.69, 9.17) is 11.6 Å². The lowest BCUT2D eigenvalue weighted by Crippen LogP contribution is -2.59. The Balaban J connectivity index is 2.35. The molecule has 1 saturated heterocycles. The van der Waals surface area contributed by atoms with Gasteiger partial charge in [0, 0.05) is 29.6 Å². The van der Waals surface area contributed by atoms with Gasteiger partial charge in [0.15, 0.2) is 0 Å². The summed E-state index contributed by atoms with van der Waals surface area (Å²) in [4.78, 5) is 2.26. The van der Waals surface area contributed by atoms with E-state index in [0.29, 0.717) is 21.6 Å². The van der Waals surface area contributed by atoms with Gasteiger partial charge in [-0.25, -0.2) is 4.39 Å². The number of nitrogens with one attached hydrogen (secondary N) is 1. The van der Waals surface area contributed by atoms with Crippen LogP contribution in [0.3, 0.4) is 0 Å². The van der Waals surface area contributed by atoms with Crippen LogP contribution in [0.2, 0.25) is 5.02 Å². The minimum absolute atomic E-state index is 0.164. The first kappa shape index (κ1) is 16.1. The number of benzene rings is 1. The topological polar surface area (TPSA) is 15.3 Å². The summed E-state index contributed by atoms with van der Waals surface area (Å²) in [6, 6.07) is 3.53. The lowest BCUT2D eigenvalue weighted by Gasteiger charge is -2.45. The van der Waals surface area contributed by atoms with Gasteiger partial charge in [-0.1, -0.05) is 32.4 Å². The fourth-order valence-corrected chi connectivity index (χ4v) is 3.65. The van der Waals surface area contributed by atoms with Crippen LogP contribution in [0.15, 0.2) is 16.6 Å². The molecule has 0 saturated carbocycles. The molecule has 1 fully saturated rings. The van der Waals surface area contributed by atoms with Crippen LogP contribution in [-0.2, 0) is 0 Å². The van der Waals surface area contributed by atoms with Gasteiger partial charge in [0.05, 0.1) is 10.7 Å². The highest BCUT2D eigenvalue weighted by atomic mass is 79.9. The Morgan fingerprint density at radius 2 is 2.05 bits per heavy atom. The van der Waals surface area contributed by atoms with Gasteiger partial charge in [-0.2, -0.15) is 0 Å². The molecule has 5 heteroatoms. The van der Waals surface area contributed by atoms with Gasteiger partial charge in [0.25, 0.3) is 0 Å². The third-order valence-electron chi connectivity index (χ3n) is 3.89. The Morgan fingerprint density at radius 3 is 2.60 bits per heavy atom. The van der Waals surface area contributed by atoms with E-state index < -0.39 is 0 Å². The molecule has 2 nitrogen and oxygen atoms in total. The maximum absolute atomic E-state index is 13.4. The molecule has 1 aliphatic rings. The minimum atomic E-state index is -0.319. The molecule has 1 N–H and O–H groups in total. The van der Waals surface area contributed by atoms with Crippen molar-refractivity contribution in [1.82, 2.24) is 5.32 Å². The molecule has 1 heterocycles. The van der Waals surface area contributed by atoms with E-state index in [1.165, 1.54) is 12.1 Å². The van der Waals surface area contributed by atoms with Crippen molar-refractivity contribution in [3.63, 3.8) is 0 Å². The van der Waals surface area contributed by atoms with Gasteiger partial charge in [0.2, 0.25) is 0 Å². The fraction of sp³-hybridized carbons (Fsp3) is 0.600. The number of halogens is 3. The highest BCUT2D eigenvalue weighted by Gasteiger charge is 2.34. The summed E-state index contributed by atoms with van der Waals surface area (Å²) in [6.45, 7) is 10.6. The van der Waals surface area contributed by atoms with Crippen molar-refractivity contribution in [2.45, 2.75) is 39.8 Å². The zero-order valence-electron chi connectivity index (χ0n) is 12.3. The van der Waals surface area contributed by atoms with Crippen LogP contribution in [0, 0.1) is 11.2 Å². The summed E-state index contributed by atoms with van der Waals surface area (Å²) in [5, 5.41) is 4.04. The van der Waals surface area contributed by atoms with Gasteiger partial charge in [-0.3, -0.25) is 0 Å². The average Bonchev–Trinajstić information content (AvgIpc) is 2.28. The maximum Gasteiger partial charge on any atom is 0.125 e. The molecule has 1 aromatic carbocycles. The molecular formula is C15H21BrClFN2. The normalized spacial score (nSPS) is 24.1. The van der Waals surface area contributed by atoms with Crippen molar-refractivity contribution < 1.29 is 4.39 Å². The zero-order chi connectivity index (χ0) is 15.1. The zero-order valence-corrected chi connectivity index (χ0v) is 14.6. The molecule has 0 radical (unpaired) electrons. The molecule has 0 aliphatic carbocycles. The fourth-order valence-electron chi connectivity index (χ4n) is 2.56. The van der Waals surface area contributed by atoms with Crippen LogP contribution in [-0.4, -0.2) is 25.2 Å². The second kappa shape index (κ2) is 5.82. The Morgan fingerprint density at radius 1 is 1.40 bits per heavy atom. The molecule has 0 aromatic heterocycles. The average molecular weight is 364 g/mol. The first-order valence-electron chi connectivity index (χ1n) is 6.84. The Hall–Kier alpha value is -0.320. The second-order valence-corrected chi connectivity index (χ2v) is 7.81. The molecule has 0 amide bonds. The Kier molecular flexibility index (Phi) is 4.67. The van der Waals surface area contributed by atoms with Crippen molar-refractivity contribution in [1.29, 1.82) is 0 Å². The molecule has 0 bridgehead atoms. The van der Waals surface area contributed by atoms with Gasteiger partial charge < -0.3 is 10.2 Å². The van der Waals surface area contributed by atoms with E-state index in [9.17, 15) is 4.39 Å². The van der Waals surface area contributed by atoms with E-state index in [1.807, 2.05) is 0 Å². The number of hydrogen-bond acceptors (Lipinski definition) is 2. The van der Waals surface area contributed by atoms with E-state index in [1.54, 1.807) is 0 Å². The Labute approximate surface area is 133 Å². The number of piperazine rings is 1. The smallest absolute Gasteiger partial charge is 0.125 e. The van der Waals surface area contributed by atoms with Crippen molar-refractivity contribution in [2.24, 2.45) is 5.41 Å². The summed E-state index contributed by atoms with van der Waals surface area (Å²) < 4.78 is 14.1. The minimum Gasteiger partial charge on any atom is -0.364 e. The van der Waals surface area contributed by atoms with Crippen LogP contribution in [0.5, 0.6) is 0 Å². The highest BCUT2D eigenvalue weighted by molar-refractivity contribution is 9.10. The molecule has 0 spiro atoms. The lowest BCUT2D eigenvalue weighted by molar-refractivity contribution is 0.239. The quantitative estimate of drug-likeness (QED) is 0.793. The molecule has 2 rings (SSSR count). The summed E-state index contributed by atoms with van der Waals surface area (Å²) in [5.74, 6) is -0.319. The maximum atomic E-state index is 13.4. The third-order valence-corrected chi connectivity index (χ3v) is 4.78. The summed E-state index contributed by atoms with van der Waals surface area (Å²) in [5.41, 5.74) is 1.05. The monoisotopic (exact) mass is 362 g/mol. The van der Waals surface area contributed by atoms with E-state index in [-0.39, 0.29) is 11.2 Å². The largest absolute Gasteiger partial charge is 0.364 e. The van der Waals surface area contributed by atoms with Crippen LogP contribution in [0.4, 0.5) is 10.1 Å². The van der Waals surface area contributed by atoms with Crippen molar-refractivity contribution in [3.05, 3.63) is 27.4 Å². The van der Waals surface area contributed by atoms with Crippen molar-refractivity contribution >= 4 is 33.2 Å². The summed E-state index contributed by atoms with van der Waals surface area (Å²) in [7, 11) is 0. The summed E-state index contributed by atoms with van der Waals surface area (Å²) in [6.07, 6.45) is 0. The molecular weight excluding hydrogens is 343 g/mol. The number of rotatable bonds is 1. The van der Waals surface area contributed by atoms with Gasteiger partial charge >= 0.3 is 0 Å². The molecule has 1 aliphatic heterocycles. The van der Waals surface area contributed by atoms with Gasteiger partial charge in [0.1, 0.15) is 5.82 Å². The first-order chi connectivity index (χ1) is 9.20. The number of nitrogens with zero attached hydrogens (tertiary/aromatic N) is 1. The second-order valence-electron chi connectivity index (χ2n) is 6.55. The van der Waals surface area contributed by atoms with E-state index in [2.05, 4.69) is 53.8 Å². The SMILES string of the molecule is CC1CNC(C(C)(C)C)CN1c1c(Cl)cc(F)cc1Br. The lowest BCUT2D eigenvalue weighted by atomic mass is 9.84. The summed E-state index contributed by atoms with van der Waals surface area (Å²) >= 11 is 9.71. The van der Waals surface area contributed by atoms with Crippen LogP contribution in [0.1, 0.15) is 27.7 Å². The van der Waals surface area contributed by atoms with E-state index in [0.717, 1.165) is 18.8 Å². The van der Waals surface area contributed by atoms with Crippen LogP contribution < -0.4 is 10.2 Å². The third kappa shape index (κ3) is 3.29. The molecule has 2 atom stereocenters. The van der Waals surface area contributed by atoms with E-state index >= 15 is 0 Å². The number of anilines is 1. The predicted molar refractivity (Wildman–Crippen MR) is 87.2 cm³/mol. The van der Waals surface area contributed by atoms with Gasteiger partial charge in [-0.15, -0.1) is 0 Å². The molecule has 20 heavy (non-hydrogen) atoms. The highest BCUT2D eigenvalue weighted by Crippen LogP contribution is 2.38. The van der Waals surface area contributed by atoms with Gasteiger partial charge in [-0.05, 0) is 40.4 Å². The van der Waals surface area contributed by atoms with Crippen LogP contribution >= 0.6 is 27.5 Å². The van der Waals surface area contributed by atoms with Crippen molar-refractivity contribution in [3.8, 4) is 0 Å². The molecule has 1 aromatic rings. The van der Waals surface area contributed by atoms with Crippen molar-refractivity contribution in [2.75, 3.05) is 18.0 Å². The molecule has 112 valence electrons.